The second-order valence-electron chi connectivity index (χ2n) is 5.33. The first-order chi connectivity index (χ1) is 11.2. The van der Waals surface area contributed by atoms with Crippen LogP contribution in [0.15, 0.2) is 48.0 Å². The minimum Gasteiger partial charge on any atom is -0.429 e. The van der Waals surface area contributed by atoms with Gasteiger partial charge in [0.2, 0.25) is 0 Å². The average molecular weight is 318 g/mol. The second-order valence-corrected chi connectivity index (χ2v) is 5.33. The van der Waals surface area contributed by atoms with E-state index >= 15 is 0 Å². The van der Waals surface area contributed by atoms with Gasteiger partial charge in [0.05, 0.1) is 0 Å². The van der Waals surface area contributed by atoms with Crippen molar-refractivity contribution in [2.45, 2.75) is 37.9 Å². The van der Waals surface area contributed by atoms with E-state index in [1.54, 1.807) is 12.2 Å². The van der Waals surface area contributed by atoms with Crippen LogP contribution in [-0.4, -0.2) is 30.9 Å². The number of carbonyl (C=O) groups excluding carboxylic acids is 2. The fourth-order valence-electron chi connectivity index (χ4n) is 2.45. The van der Waals surface area contributed by atoms with Crippen LogP contribution in [0.5, 0.6) is 0 Å². The number of allylic oxidation sites excluding steroid dienone is 8. The quantitative estimate of drug-likeness (QED) is 0.741. The van der Waals surface area contributed by atoms with Gasteiger partial charge in [0, 0.05) is 12.8 Å². The number of esters is 2. The smallest absolute Gasteiger partial charge is 0.343 e. The molecule has 0 N–H and O–H groups in total. The highest BCUT2D eigenvalue weighted by atomic mass is 16.7. The molecule has 1 fully saturated rings. The van der Waals surface area contributed by atoms with Crippen molar-refractivity contribution in [1.29, 1.82) is 0 Å². The molecule has 2 atom stereocenters. The Balaban J connectivity index is 1.60. The highest BCUT2D eigenvalue weighted by Crippen LogP contribution is 2.22. The molecule has 6 heteroatoms. The first kappa shape index (κ1) is 15.7. The van der Waals surface area contributed by atoms with Crippen molar-refractivity contribution in [3.05, 3.63) is 48.0 Å². The molecule has 122 valence electrons. The van der Waals surface area contributed by atoms with Crippen molar-refractivity contribution in [2.24, 2.45) is 0 Å². The van der Waals surface area contributed by atoms with Crippen LogP contribution < -0.4 is 0 Å². The van der Waals surface area contributed by atoms with Gasteiger partial charge in [-0.05, 0) is 25.0 Å². The molecule has 3 rings (SSSR count). The maximum absolute atomic E-state index is 12.2. The summed E-state index contributed by atoms with van der Waals surface area (Å²) in [6, 6.07) is 0. The van der Waals surface area contributed by atoms with Gasteiger partial charge < -0.3 is 18.9 Å². The Labute approximate surface area is 134 Å². The van der Waals surface area contributed by atoms with Crippen LogP contribution in [0.2, 0.25) is 0 Å². The summed E-state index contributed by atoms with van der Waals surface area (Å²) in [4.78, 5) is 24.4. The zero-order valence-electron chi connectivity index (χ0n) is 12.6. The summed E-state index contributed by atoms with van der Waals surface area (Å²) in [5, 5.41) is 0. The molecule has 0 aromatic carbocycles. The lowest BCUT2D eigenvalue weighted by Crippen LogP contribution is -2.39. The zero-order chi connectivity index (χ0) is 16.1. The number of rotatable bonds is 4. The predicted octanol–water partition coefficient (Wildman–Crippen LogP) is 2.28. The Morgan fingerprint density at radius 3 is 1.74 bits per heavy atom. The molecule has 1 heterocycles. The fourth-order valence-corrected chi connectivity index (χ4v) is 2.45. The van der Waals surface area contributed by atoms with Crippen LogP contribution in [0.25, 0.3) is 0 Å². The molecule has 0 bridgehead atoms. The molecule has 2 aliphatic carbocycles. The van der Waals surface area contributed by atoms with E-state index in [1.165, 1.54) is 0 Å². The normalized spacial score (nSPS) is 26.4. The van der Waals surface area contributed by atoms with Crippen molar-refractivity contribution >= 4 is 11.9 Å². The molecule has 0 saturated carbocycles. The van der Waals surface area contributed by atoms with Gasteiger partial charge in [-0.3, -0.25) is 0 Å². The van der Waals surface area contributed by atoms with E-state index in [0.29, 0.717) is 24.4 Å². The van der Waals surface area contributed by atoms with Crippen molar-refractivity contribution in [3.8, 4) is 0 Å². The van der Waals surface area contributed by atoms with E-state index in [-0.39, 0.29) is 6.79 Å². The molecule has 23 heavy (non-hydrogen) atoms. The lowest BCUT2D eigenvalue weighted by atomic mass is 10.1. The van der Waals surface area contributed by atoms with E-state index in [4.69, 9.17) is 18.9 Å². The summed E-state index contributed by atoms with van der Waals surface area (Å²) < 4.78 is 21.0. The third-order valence-electron chi connectivity index (χ3n) is 3.65. The summed E-state index contributed by atoms with van der Waals surface area (Å²) in [6.07, 6.45) is 11.8. The molecule has 0 spiro atoms. The summed E-state index contributed by atoms with van der Waals surface area (Å²) in [5.41, 5.74) is 0. The van der Waals surface area contributed by atoms with Gasteiger partial charge in [0.25, 0.3) is 0 Å². The molecule has 0 aromatic heterocycles. The van der Waals surface area contributed by atoms with Gasteiger partial charge in [-0.1, -0.05) is 24.3 Å². The maximum atomic E-state index is 12.2. The fraction of sp³-hybridized carbons (Fsp3) is 0.412. The van der Waals surface area contributed by atoms with E-state index in [2.05, 4.69) is 0 Å². The molecule has 2 unspecified atom stereocenters. The molecule has 0 amide bonds. The van der Waals surface area contributed by atoms with Crippen molar-refractivity contribution in [1.82, 2.24) is 0 Å². The largest absolute Gasteiger partial charge is 0.429 e. The van der Waals surface area contributed by atoms with Gasteiger partial charge in [-0.25, -0.2) is 9.59 Å². The molecule has 1 saturated heterocycles. The van der Waals surface area contributed by atoms with Gasteiger partial charge in [-0.15, -0.1) is 0 Å². The molecule has 1 aliphatic heterocycles. The Morgan fingerprint density at radius 2 is 1.35 bits per heavy atom. The first-order valence-corrected chi connectivity index (χ1v) is 7.62. The Morgan fingerprint density at radius 1 is 0.870 bits per heavy atom. The van der Waals surface area contributed by atoms with Crippen molar-refractivity contribution in [2.75, 3.05) is 6.79 Å². The molecular weight excluding hydrogens is 300 g/mol. The molecular formula is C17H18O6. The monoisotopic (exact) mass is 318 g/mol. The third-order valence-corrected chi connectivity index (χ3v) is 3.65. The van der Waals surface area contributed by atoms with Gasteiger partial charge >= 0.3 is 11.9 Å². The lowest BCUT2D eigenvalue weighted by molar-refractivity contribution is -0.159. The molecule has 6 nitrogen and oxygen atoms in total. The van der Waals surface area contributed by atoms with Crippen LogP contribution >= 0.6 is 0 Å². The first-order valence-electron chi connectivity index (χ1n) is 7.62. The number of hydrogen-bond donors (Lipinski definition) is 0. The van der Waals surface area contributed by atoms with Crippen LogP contribution in [-0.2, 0) is 28.5 Å². The van der Waals surface area contributed by atoms with E-state index in [9.17, 15) is 9.59 Å². The van der Waals surface area contributed by atoms with Gasteiger partial charge in [-0.2, -0.15) is 0 Å². The molecule has 0 radical (unpaired) electrons. The predicted molar refractivity (Wildman–Crippen MR) is 79.7 cm³/mol. The van der Waals surface area contributed by atoms with Crippen LogP contribution in [0.3, 0.4) is 0 Å². The second kappa shape index (κ2) is 7.39. The van der Waals surface area contributed by atoms with Crippen LogP contribution in [0.1, 0.15) is 25.7 Å². The Kier molecular flexibility index (Phi) is 5.05. The summed E-state index contributed by atoms with van der Waals surface area (Å²) in [7, 11) is 0. The highest BCUT2D eigenvalue weighted by molar-refractivity contribution is 5.87. The Hall–Kier alpha value is -2.18. The standard InChI is InChI=1S/C17H18O6/c18-16(22-12-7-3-1-4-8-12)14-15(21-11-20-14)17(19)23-13-9-5-2-6-10-13/h1-3,5,7,9,14-15H,4,6,8,10-11H2. The number of ether oxygens (including phenoxy) is 4. The number of carbonyl (C=O) groups is 2. The van der Waals surface area contributed by atoms with Crippen molar-refractivity contribution < 1.29 is 28.5 Å². The van der Waals surface area contributed by atoms with Crippen LogP contribution in [0.4, 0.5) is 0 Å². The summed E-state index contributed by atoms with van der Waals surface area (Å²) in [5.74, 6) is -0.160. The summed E-state index contributed by atoms with van der Waals surface area (Å²) >= 11 is 0. The average Bonchev–Trinajstić information content (AvgIpc) is 3.06. The van der Waals surface area contributed by atoms with E-state index in [0.717, 1.165) is 12.8 Å². The zero-order valence-corrected chi connectivity index (χ0v) is 12.6. The number of hydrogen-bond acceptors (Lipinski definition) is 6. The Bertz CT molecular complexity index is 546. The van der Waals surface area contributed by atoms with Crippen LogP contribution in [0, 0.1) is 0 Å². The molecule has 3 aliphatic rings. The maximum Gasteiger partial charge on any atom is 0.343 e. The van der Waals surface area contributed by atoms with E-state index in [1.807, 2.05) is 24.3 Å². The minimum atomic E-state index is -1.10. The molecule has 0 aromatic rings. The third kappa shape index (κ3) is 3.97. The van der Waals surface area contributed by atoms with Gasteiger partial charge in [0.1, 0.15) is 18.3 Å². The highest BCUT2D eigenvalue weighted by Gasteiger charge is 2.43. The van der Waals surface area contributed by atoms with Gasteiger partial charge in [0.15, 0.2) is 12.2 Å². The SMILES string of the molecule is O=C(OC1=CC=CCC1)C1OCOC1C(=O)OC1=CC=CCC1. The summed E-state index contributed by atoms with van der Waals surface area (Å²) in [6.45, 7) is -0.141. The lowest BCUT2D eigenvalue weighted by Gasteiger charge is -2.17. The minimum absolute atomic E-state index is 0.141. The topological polar surface area (TPSA) is 71.1 Å². The van der Waals surface area contributed by atoms with E-state index < -0.39 is 24.1 Å². The van der Waals surface area contributed by atoms with Crippen molar-refractivity contribution in [3.63, 3.8) is 0 Å².